The maximum Gasteiger partial charge on any atom is 0.245 e. The van der Waals surface area contributed by atoms with Gasteiger partial charge in [-0.2, -0.15) is 0 Å². The first-order valence-electron chi connectivity index (χ1n) is 6.06. The van der Waals surface area contributed by atoms with E-state index in [-0.39, 0.29) is 0 Å². The van der Waals surface area contributed by atoms with Crippen molar-refractivity contribution in [2.24, 2.45) is 0 Å². The fraction of sp³-hybridized carbons (Fsp3) is 0. The van der Waals surface area contributed by atoms with Crippen LogP contribution in [0.2, 0.25) is 0 Å². The molecule has 0 aromatic carbocycles. The molecule has 6 heteroatoms. The van der Waals surface area contributed by atoms with Crippen LogP contribution >= 0.6 is 0 Å². The lowest BCUT2D eigenvalue weighted by Crippen LogP contribution is -1.91. The van der Waals surface area contributed by atoms with Crippen molar-refractivity contribution in [3.8, 4) is 22.7 Å². The molecular weight excluding hydrogens is 254 g/mol. The lowest BCUT2D eigenvalue weighted by atomic mass is 10.0. The number of oxazole rings is 1. The lowest BCUT2D eigenvalue weighted by Gasteiger charge is -2.06. The molecular formula is C14H9N5O. The van der Waals surface area contributed by atoms with Gasteiger partial charge in [0.15, 0.2) is 5.65 Å². The second-order valence-corrected chi connectivity index (χ2v) is 4.23. The average Bonchev–Trinajstić information content (AvgIpc) is 3.17. The van der Waals surface area contributed by atoms with Crippen molar-refractivity contribution in [1.82, 2.24) is 24.9 Å². The summed E-state index contributed by atoms with van der Waals surface area (Å²) in [6, 6.07) is 5.80. The summed E-state index contributed by atoms with van der Waals surface area (Å²) in [5, 5.41) is 0. The zero-order chi connectivity index (χ0) is 13.4. The van der Waals surface area contributed by atoms with Crippen LogP contribution in [0.25, 0.3) is 33.9 Å². The molecule has 0 amide bonds. The van der Waals surface area contributed by atoms with Gasteiger partial charge in [-0.3, -0.25) is 4.98 Å². The Labute approximate surface area is 113 Å². The number of hydrogen-bond donors (Lipinski definition) is 1. The summed E-state index contributed by atoms with van der Waals surface area (Å²) in [7, 11) is 0. The third-order valence-corrected chi connectivity index (χ3v) is 3.03. The molecule has 20 heavy (non-hydrogen) atoms. The van der Waals surface area contributed by atoms with E-state index in [1.807, 2.05) is 18.2 Å². The SMILES string of the molecule is c1cc(-c2cc3nc[nH]c3nc2-c2ncco2)ccn1. The summed E-state index contributed by atoms with van der Waals surface area (Å²) in [5.74, 6) is 0.480. The molecule has 4 aromatic heterocycles. The van der Waals surface area contributed by atoms with Gasteiger partial charge in [-0.25, -0.2) is 15.0 Å². The number of aromatic amines is 1. The predicted octanol–water partition coefficient (Wildman–Crippen LogP) is 2.67. The van der Waals surface area contributed by atoms with Gasteiger partial charge >= 0.3 is 0 Å². The number of H-pyrrole nitrogens is 1. The molecule has 0 bridgehead atoms. The highest BCUT2D eigenvalue weighted by molar-refractivity contribution is 5.86. The van der Waals surface area contributed by atoms with Crippen LogP contribution in [-0.2, 0) is 0 Å². The van der Waals surface area contributed by atoms with Gasteiger partial charge in [0.1, 0.15) is 17.5 Å². The molecule has 0 radical (unpaired) electrons. The Morgan fingerprint density at radius 3 is 2.75 bits per heavy atom. The minimum atomic E-state index is 0.480. The van der Waals surface area contributed by atoms with Crippen molar-refractivity contribution in [3.05, 3.63) is 49.4 Å². The number of fused-ring (bicyclic) bond motifs is 1. The van der Waals surface area contributed by atoms with E-state index >= 15 is 0 Å². The van der Waals surface area contributed by atoms with Crippen LogP contribution in [0.4, 0.5) is 0 Å². The second kappa shape index (κ2) is 4.27. The molecule has 1 N–H and O–H groups in total. The molecule has 4 aromatic rings. The Kier molecular flexibility index (Phi) is 2.32. The van der Waals surface area contributed by atoms with Crippen LogP contribution in [0.15, 0.2) is 53.8 Å². The molecule has 0 saturated heterocycles. The van der Waals surface area contributed by atoms with Crippen LogP contribution < -0.4 is 0 Å². The average molecular weight is 263 g/mol. The number of pyridine rings is 2. The predicted molar refractivity (Wildman–Crippen MR) is 72.6 cm³/mol. The van der Waals surface area contributed by atoms with E-state index in [4.69, 9.17) is 4.42 Å². The Bertz CT molecular complexity index is 852. The number of imidazole rings is 1. The maximum absolute atomic E-state index is 5.38. The number of nitrogens with one attached hydrogen (secondary N) is 1. The van der Waals surface area contributed by atoms with Crippen LogP contribution in [-0.4, -0.2) is 24.9 Å². The third kappa shape index (κ3) is 1.66. The Balaban J connectivity index is 2.04. The lowest BCUT2D eigenvalue weighted by molar-refractivity contribution is 0.572. The highest BCUT2D eigenvalue weighted by Gasteiger charge is 2.15. The van der Waals surface area contributed by atoms with Gasteiger partial charge < -0.3 is 9.40 Å². The highest BCUT2D eigenvalue weighted by atomic mass is 16.3. The van der Waals surface area contributed by atoms with Crippen molar-refractivity contribution in [2.45, 2.75) is 0 Å². The monoisotopic (exact) mass is 263 g/mol. The minimum Gasteiger partial charge on any atom is -0.443 e. The minimum absolute atomic E-state index is 0.480. The zero-order valence-electron chi connectivity index (χ0n) is 10.3. The van der Waals surface area contributed by atoms with E-state index < -0.39 is 0 Å². The van der Waals surface area contributed by atoms with E-state index in [9.17, 15) is 0 Å². The van der Waals surface area contributed by atoms with Gasteiger partial charge in [0.25, 0.3) is 0 Å². The summed E-state index contributed by atoms with van der Waals surface area (Å²) in [4.78, 5) is 20.0. The number of aromatic nitrogens is 5. The van der Waals surface area contributed by atoms with Gasteiger partial charge in [0, 0.05) is 18.0 Å². The van der Waals surface area contributed by atoms with Crippen molar-refractivity contribution in [1.29, 1.82) is 0 Å². The molecule has 0 spiro atoms. The first kappa shape index (κ1) is 10.9. The van der Waals surface area contributed by atoms with E-state index in [0.29, 0.717) is 17.2 Å². The smallest absolute Gasteiger partial charge is 0.245 e. The zero-order valence-corrected chi connectivity index (χ0v) is 10.3. The Morgan fingerprint density at radius 2 is 1.95 bits per heavy atom. The van der Waals surface area contributed by atoms with Crippen LogP contribution in [0.3, 0.4) is 0 Å². The second-order valence-electron chi connectivity index (χ2n) is 4.23. The van der Waals surface area contributed by atoms with Crippen molar-refractivity contribution < 1.29 is 4.42 Å². The summed E-state index contributed by atoms with van der Waals surface area (Å²) in [6.45, 7) is 0. The number of nitrogens with zero attached hydrogens (tertiary/aromatic N) is 4. The van der Waals surface area contributed by atoms with Crippen LogP contribution in [0.1, 0.15) is 0 Å². The molecule has 0 atom stereocenters. The highest BCUT2D eigenvalue weighted by Crippen LogP contribution is 2.31. The molecule has 0 aliphatic heterocycles. The fourth-order valence-corrected chi connectivity index (χ4v) is 2.13. The van der Waals surface area contributed by atoms with Crippen molar-refractivity contribution in [2.75, 3.05) is 0 Å². The van der Waals surface area contributed by atoms with Gasteiger partial charge in [-0.05, 0) is 23.8 Å². The number of hydrogen-bond acceptors (Lipinski definition) is 5. The standard InChI is InChI=1S/C14H9N5O/c1-3-15-4-2-9(1)10-7-11-13(18-8-17-11)19-12(10)14-16-5-6-20-14/h1-8H,(H,17,18,19). The van der Waals surface area contributed by atoms with Gasteiger partial charge in [-0.1, -0.05) is 0 Å². The molecule has 96 valence electrons. The first-order chi connectivity index (χ1) is 9.92. The molecule has 0 unspecified atom stereocenters. The van der Waals surface area contributed by atoms with E-state index in [1.54, 1.807) is 24.9 Å². The third-order valence-electron chi connectivity index (χ3n) is 3.03. The van der Waals surface area contributed by atoms with Gasteiger partial charge in [0.2, 0.25) is 5.89 Å². The summed E-state index contributed by atoms with van der Waals surface area (Å²) < 4.78 is 5.38. The normalized spacial score (nSPS) is 11.0. The van der Waals surface area contributed by atoms with E-state index in [1.165, 1.54) is 6.26 Å². The summed E-state index contributed by atoms with van der Waals surface area (Å²) in [5.41, 5.74) is 4.08. The Morgan fingerprint density at radius 1 is 1.05 bits per heavy atom. The maximum atomic E-state index is 5.38. The van der Waals surface area contributed by atoms with Gasteiger partial charge in [-0.15, -0.1) is 0 Å². The molecule has 0 aliphatic rings. The topological polar surface area (TPSA) is 80.5 Å². The number of rotatable bonds is 2. The fourth-order valence-electron chi connectivity index (χ4n) is 2.13. The first-order valence-corrected chi connectivity index (χ1v) is 6.06. The molecule has 0 fully saturated rings. The molecule has 4 heterocycles. The van der Waals surface area contributed by atoms with Crippen molar-refractivity contribution in [3.63, 3.8) is 0 Å². The van der Waals surface area contributed by atoms with Crippen molar-refractivity contribution >= 4 is 11.2 Å². The molecule has 4 rings (SSSR count). The van der Waals surface area contributed by atoms with Crippen LogP contribution in [0, 0.1) is 0 Å². The summed E-state index contributed by atoms with van der Waals surface area (Å²) >= 11 is 0. The molecule has 0 aliphatic carbocycles. The van der Waals surface area contributed by atoms with E-state index in [0.717, 1.165) is 16.6 Å². The van der Waals surface area contributed by atoms with Gasteiger partial charge in [0.05, 0.1) is 12.5 Å². The molecule has 6 nitrogen and oxygen atoms in total. The van der Waals surface area contributed by atoms with Crippen LogP contribution in [0.5, 0.6) is 0 Å². The quantitative estimate of drug-likeness (QED) is 0.601. The summed E-state index contributed by atoms with van der Waals surface area (Å²) in [6.07, 6.45) is 8.23. The molecule has 0 saturated carbocycles. The van der Waals surface area contributed by atoms with E-state index in [2.05, 4.69) is 24.9 Å². The Hall–Kier alpha value is -3.02. The largest absolute Gasteiger partial charge is 0.443 e.